The van der Waals surface area contributed by atoms with Crippen LogP contribution in [0.1, 0.15) is 350 Å². The molecular formula is C99H126S2. The summed E-state index contributed by atoms with van der Waals surface area (Å²) in [5.74, 6) is 12.6. The number of hydrogen-bond donors (Lipinski definition) is 0. The first-order valence-electron chi connectivity index (χ1n) is 42.0. The number of benzene rings is 6. The molecule has 0 radical (unpaired) electrons. The van der Waals surface area contributed by atoms with E-state index in [4.69, 9.17) is 0 Å². The highest BCUT2D eigenvalue weighted by Crippen LogP contribution is 2.74. The summed E-state index contributed by atoms with van der Waals surface area (Å²) in [5.41, 5.74) is 45.2. The fourth-order valence-electron chi connectivity index (χ4n) is 27.0. The molecule has 0 bridgehead atoms. The van der Waals surface area contributed by atoms with Crippen LogP contribution in [-0.4, -0.2) is 5.75 Å². The molecule has 1 aromatic heterocycles. The van der Waals surface area contributed by atoms with Crippen molar-refractivity contribution in [3.8, 4) is 11.1 Å². The smallest absolute Gasteiger partial charge is 0.0399 e. The van der Waals surface area contributed by atoms with E-state index in [9.17, 15) is 0 Å². The van der Waals surface area contributed by atoms with E-state index in [2.05, 4.69) is 214 Å². The van der Waals surface area contributed by atoms with E-state index in [1.807, 2.05) is 33.4 Å². The first-order chi connectivity index (χ1) is 48.3. The van der Waals surface area contributed by atoms with Gasteiger partial charge in [-0.15, -0.1) is 23.1 Å². The Balaban J connectivity index is 0.992. The predicted molar refractivity (Wildman–Crippen MR) is 439 cm³/mol. The highest BCUT2D eigenvalue weighted by atomic mass is 32.2. The quantitative estimate of drug-likeness (QED) is 0.0528. The van der Waals surface area contributed by atoms with Crippen LogP contribution in [0.15, 0.2) is 28.7 Å². The Hall–Kier alpha value is -4.63. The minimum atomic E-state index is 0.376. The molecule has 534 valence electrons. The number of unbranched alkanes of at least 4 members (excludes halogenated alkanes) is 6. The second-order valence-electron chi connectivity index (χ2n) is 37.4. The highest BCUT2D eigenvalue weighted by Gasteiger charge is 2.61. The van der Waals surface area contributed by atoms with Gasteiger partial charge in [0.2, 0.25) is 0 Å². The molecule has 20 atom stereocenters. The van der Waals surface area contributed by atoms with Gasteiger partial charge in [0.25, 0.3) is 0 Å². The zero-order valence-electron chi connectivity index (χ0n) is 67.3. The Labute approximate surface area is 619 Å². The van der Waals surface area contributed by atoms with Crippen molar-refractivity contribution >= 4 is 61.9 Å². The molecule has 0 N–H and O–H groups in total. The van der Waals surface area contributed by atoms with Crippen molar-refractivity contribution in [2.24, 2.45) is 65.1 Å². The lowest BCUT2D eigenvalue weighted by molar-refractivity contribution is 0.115. The average Bonchev–Trinajstić information content (AvgIpc) is 1.17. The van der Waals surface area contributed by atoms with Crippen molar-refractivity contribution in [1.29, 1.82) is 0 Å². The van der Waals surface area contributed by atoms with Gasteiger partial charge in [0, 0.05) is 42.3 Å². The number of thiophene rings is 1. The van der Waals surface area contributed by atoms with Crippen LogP contribution in [0, 0.1) is 137 Å². The molecule has 17 rings (SSSR count). The van der Waals surface area contributed by atoms with Crippen molar-refractivity contribution in [1.82, 2.24) is 0 Å². The van der Waals surface area contributed by atoms with E-state index in [-0.39, 0.29) is 0 Å². The van der Waals surface area contributed by atoms with Crippen LogP contribution in [0.25, 0.3) is 49.9 Å². The van der Waals surface area contributed by atoms with Crippen LogP contribution in [0.4, 0.5) is 0 Å². The maximum absolute atomic E-state index is 2.96. The molecule has 0 amide bonds. The van der Waals surface area contributed by atoms with Gasteiger partial charge in [-0.2, -0.15) is 0 Å². The lowest BCUT2D eigenvalue weighted by atomic mass is 9.46. The van der Waals surface area contributed by atoms with E-state index >= 15 is 0 Å². The Kier molecular flexibility index (Phi) is 17.2. The second kappa shape index (κ2) is 25.0. The predicted octanol–water partition coefficient (Wildman–Crippen LogP) is 26.8. The molecule has 0 nitrogen and oxygen atoms in total. The molecule has 101 heavy (non-hydrogen) atoms. The molecule has 0 saturated heterocycles. The molecule has 0 aliphatic heterocycles. The third-order valence-electron chi connectivity index (χ3n) is 33.2. The lowest BCUT2D eigenvalue weighted by Gasteiger charge is -2.58. The van der Waals surface area contributed by atoms with Crippen molar-refractivity contribution in [2.45, 2.75) is 314 Å². The topological polar surface area (TPSA) is 0 Å². The van der Waals surface area contributed by atoms with Crippen LogP contribution >= 0.6 is 23.1 Å². The zero-order chi connectivity index (χ0) is 71.2. The summed E-state index contributed by atoms with van der Waals surface area (Å²) >= 11 is 4.60. The maximum Gasteiger partial charge on any atom is 0.0399 e. The summed E-state index contributed by atoms with van der Waals surface area (Å²) in [6, 6.07) is 8.48. The summed E-state index contributed by atoms with van der Waals surface area (Å²) in [4.78, 5) is 1.58. The summed E-state index contributed by atoms with van der Waals surface area (Å²) in [6.07, 6.45) is 20.9. The Morgan fingerprint density at radius 2 is 1.15 bits per heavy atom. The molecule has 0 spiro atoms. The second-order valence-corrected chi connectivity index (χ2v) is 39.5. The molecule has 7 aromatic rings. The van der Waals surface area contributed by atoms with Gasteiger partial charge >= 0.3 is 0 Å². The van der Waals surface area contributed by atoms with E-state index in [0.717, 1.165) is 19.3 Å². The van der Waals surface area contributed by atoms with Gasteiger partial charge in [-0.1, -0.05) is 178 Å². The molecule has 10 aliphatic carbocycles. The molecule has 6 aromatic carbocycles. The zero-order valence-corrected chi connectivity index (χ0v) is 68.9. The monoisotopic (exact) mass is 1380 g/mol. The molecule has 1 heterocycles. The fraction of sp³-hybridized carbons (Fsp3) is 0.596. The van der Waals surface area contributed by atoms with Gasteiger partial charge in [-0.3, -0.25) is 0 Å². The Morgan fingerprint density at radius 1 is 0.475 bits per heavy atom. The third kappa shape index (κ3) is 9.40. The van der Waals surface area contributed by atoms with Crippen molar-refractivity contribution in [3.05, 3.63) is 166 Å². The maximum atomic E-state index is 2.96. The highest BCUT2D eigenvalue weighted by molar-refractivity contribution is 7.99. The number of rotatable bonds is 16. The van der Waals surface area contributed by atoms with Gasteiger partial charge in [0.1, 0.15) is 0 Å². The van der Waals surface area contributed by atoms with E-state index < -0.39 is 0 Å². The molecule has 2 fully saturated rings. The average molecular weight is 1380 g/mol. The van der Waals surface area contributed by atoms with Gasteiger partial charge in [0.05, 0.1) is 0 Å². The molecule has 20 unspecified atom stereocenters. The molecule has 2 saturated carbocycles. The first-order valence-corrected chi connectivity index (χ1v) is 43.8. The van der Waals surface area contributed by atoms with E-state index in [1.165, 1.54) is 115 Å². The van der Waals surface area contributed by atoms with Gasteiger partial charge in [0.15, 0.2) is 0 Å². The summed E-state index contributed by atoms with van der Waals surface area (Å²) in [5, 5.41) is 10.2. The first kappa shape index (κ1) is 69.4. The van der Waals surface area contributed by atoms with Crippen LogP contribution in [0.2, 0.25) is 0 Å². The van der Waals surface area contributed by atoms with Crippen molar-refractivity contribution in [2.75, 3.05) is 5.75 Å². The minimum absolute atomic E-state index is 0.376. The van der Waals surface area contributed by atoms with Crippen LogP contribution in [-0.2, 0) is 19.3 Å². The molecule has 2 heteroatoms. The normalized spacial score (nSPS) is 31.7. The number of hydrogen-bond acceptors (Lipinski definition) is 2. The number of thioether (sulfide) groups is 1. The minimum Gasteiger partial charge on any atom is -0.135 e. The van der Waals surface area contributed by atoms with Gasteiger partial charge in [-0.25, -0.2) is 0 Å². The largest absolute Gasteiger partial charge is 0.135 e. The van der Waals surface area contributed by atoms with Crippen LogP contribution < -0.4 is 9.75 Å². The van der Waals surface area contributed by atoms with Gasteiger partial charge < -0.3 is 0 Å². The third-order valence-corrected chi connectivity index (χ3v) is 36.0. The van der Waals surface area contributed by atoms with Gasteiger partial charge in [-0.05, 0) is 381 Å². The van der Waals surface area contributed by atoms with Crippen molar-refractivity contribution in [3.63, 3.8) is 0 Å². The Bertz CT molecular complexity index is 4960. The van der Waals surface area contributed by atoms with Crippen LogP contribution in [0.5, 0.6) is 0 Å². The van der Waals surface area contributed by atoms with E-state index in [1.54, 1.807) is 124 Å². The lowest BCUT2D eigenvalue weighted by Crippen LogP contribution is -2.48. The summed E-state index contributed by atoms with van der Waals surface area (Å²) < 4.78 is 3.36. The number of allylic oxidation sites excluding steroid dienone is 1. The van der Waals surface area contributed by atoms with Crippen molar-refractivity contribution < 1.29 is 0 Å². The number of fused-ring (bicyclic) bond motifs is 9. The molecular weight excluding hydrogens is 1250 g/mol. The standard InChI is InChI=1S/C99H126S2/c1-25-27-29-31-33-69-64(23)71-41-67-42-72-66(35-36-68-45(4)38-47(6)76-46(5)37-44(3)49(8)80(68)76)40-73-86-74-39-48(7)77-83(60(19)57(16)78-55(14)53(12)54(13)70(87(77)78)34-32-30-28-26-2)98(74)101-99(86)84-61(20)58(17)79-56(15)59(18)82-91-75(43-100-97-62(21)51(10)50(9)52(11)63(97)22)81(65(69)24)88(71)95(91)85(67)96-89(72)90(73)94(84)92(79)93(82)96/h38,40-42,44,46,49,53-56,58-59,61,64-65,69-70,75,79,81,88,92,94H,25-37,39,43H2,1-24H3. The number of aryl methyl sites for hydroxylation is 3. The SMILES string of the molecule is CCCCCCC1c2c(c(C)c(C)c3c2=C(C)Cc2c4c(sc2=3)=C2C(C)C(C)C3C(C)C(C)c5c6c7c8c(cc9c(CCc%10c(C)cc(C)c%11c%10C(C)C(C)CC%11C)cc-4c4c9c8c5C3C24)C=C2C(C)C(CCCCCC)C(C)C(C6CSc3c(C)c(C)c(C)c(C)c3C)C27)C(C)C(C)C1C. The van der Waals surface area contributed by atoms with E-state index in [0.29, 0.717) is 118 Å². The Morgan fingerprint density at radius 3 is 1.85 bits per heavy atom. The summed E-state index contributed by atoms with van der Waals surface area (Å²) in [7, 11) is 0. The summed E-state index contributed by atoms with van der Waals surface area (Å²) in [6.45, 7) is 61.9. The van der Waals surface area contributed by atoms with Crippen LogP contribution in [0.3, 0.4) is 0 Å². The fourth-order valence-corrected chi connectivity index (χ4v) is 30.1. The molecule has 10 aliphatic rings.